The molecule has 0 bridgehead atoms. The third kappa shape index (κ3) is 3.53. The van der Waals surface area contributed by atoms with Crippen LogP contribution in [0.1, 0.15) is 18.2 Å². The Balaban J connectivity index is 1.56. The summed E-state index contributed by atoms with van der Waals surface area (Å²) in [4.78, 5) is 4.55. The van der Waals surface area contributed by atoms with Gasteiger partial charge in [0.2, 0.25) is 0 Å². The van der Waals surface area contributed by atoms with E-state index in [0.29, 0.717) is 13.0 Å². The van der Waals surface area contributed by atoms with Crippen molar-refractivity contribution < 1.29 is 5.11 Å². The molecule has 2 heterocycles. The molecule has 0 amide bonds. The third-order valence-corrected chi connectivity index (χ3v) is 3.88. The van der Waals surface area contributed by atoms with E-state index in [0.717, 1.165) is 16.9 Å². The molecule has 0 radical (unpaired) electrons. The minimum Gasteiger partial charge on any atom is -0.391 e. The predicted octanol–water partition coefficient (Wildman–Crippen LogP) is 2.42. The highest BCUT2D eigenvalue weighted by molar-refractivity contribution is 5.39. The van der Waals surface area contributed by atoms with Crippen molar-refractivity contribution in [3.8, 4) is 0 Å². The van der Waals surface area contributed by atoms with Crippen molar-refractivity contribution in [2.45, 2.75) is 32.0 Å². The molecule has 0 saturated heterocycles. The van der Waals surface area contributed by atoms with Crippen LogP contribution < -0.4 is 5.32 Å². The van der Waals surface area contributed by atoms with Crippen LogP contribution in [0, 0.1) is 0 Å². The zero-order valence-electron chi connectivity index (χ0n) is 12.7. The summed E-state index contributed by atoms with van der Waals surface area (Å²) in [5, 5.41) is 13.7. The van der Waals surface area contributed by atoms with Gasteiger partial charge in [-0.05, 0) is 31.0 Å². The van der Waals surface area contributed by atoms with E-state index >= 15 is 0 Å². The highest BCUT2D eigenvalue weighted by Crippen LogP contribution is 2.08. The Kier molecular flexibility index (Phi) is 4.51. The highest BCUT2D eigenvalue weighted by atomic mass is 16.3. The Labute approximate surface area is 130 Å². The van der Waals surface area contributed by atoms with Crippen molar-refractivity contribution in [2.24, 2.45) is 0 Å². The maximum Gasteiger partial charge on any atom is 0.137 e. The number of hydrogen-bond donors (Lipinski definition) is 2. The second-order valence-corrected chi connectivity index (χ2v) is 5.62. The number of hydrogen-bond acceptors (Lipinski definition) is 3. The average molecular weight is 295 g/mol. The van der Waals surface area contributed by atoms with Gasteiger partial charge >= 0.3 is 0 Å². The minimum atomic E-state index is -0.417. The first-order valence-electron chi connectivity index (χ1n) is 7.60. The molecule has 3 rings (SSSR count). The summed E-state index contributed by atoms with van der Waals surface area (Å²) in [6.45, 7) is 2.65. The van der Waals surface area contributed by atoms with E-state index < -0.39 is 6.10 Å². The van der Waals surface area contributed by atoms with Gasteiger partial charge in [0.25, 0.3) is 0 Å². The summed E-state index contributed by atoms with van der Waals surface area (Å²) in [7, 11) is 0. The van der Waals surface area contributed by atoms with Crippen LogP contribution >= 0.6 is 0 Å². The lowest BCUT2D eigenvalue weighted by Gasteiger charge is -2.20. The van der Waals surface area contributed by atoms with Gasteiger partial charge in [-0.15, -0.1) is 0 Å². The summed E-state index contributed by atoms with van der Waals surface area (Å²) in [6, 6.07) is 16.0. The Morgan fingerprint density at radius 3 is 2.68 bits per heavy atom. The number of aliphatic hydroxyl groups excluding tert-OH is 1. The van der Waals surface area contributed by atoms with Crippen molar-refractivity contribution in [3.05, 3.63) is 72.2 Å². The Bertz CT molecular complexity index is 690. The van der Waals surface area contributed by atoms with E-state index in [2.05, 4.69) is 10.3 Å². The van der Waals surface area contributed by atoms with E-state index in [-0.39, 0.29) is 6.04 Å². The number of fused-ring (bicyclic) bond motifs is 1. The zero-order chi connectivity index (χ0) is 15.4. The second-order valence-electron chi connectivity index (χ2n) is 5.62. The third-order valence-electron chi connectivity index (χ3n) is 3.88. The zero-order valence-corrected chi connectivity index (χ0v) is 12.7. The molecular formula is C18H21N3O. The van der Waals surface area contributed by atoms with Gasteiger partial charge in [0.1, 0.15) is 5.65 Å². The lowest BCUT2D eigenvalue weighted by atomic mass is 10.0. The number of nitrogens with one attached hydrogen (secondary N) is 1. The fourth-order valence-electron chi connectivity index (χ4n) is 2.51. The number of aromatic nitrogens is 2. The van der Waals surface area contributed by atoms with Crippen molar-refractivity contribution in [2.75, 3.05) is 0 Å². The molecule has 2 aromatic heterocycles. The molecule has 2 N–H and O–H groups in total. The van der Waals surface area contributed by atoms with Crippen LogP contribution in [0.3, 0.4) is 0 Å². The second kappa shape index (κ2) is 6.73. The molecule has 0 aliphatic carbocycles. The fourth-order valence-corrected chi connectivity index (χ4v) is 2.51. The molecule has 2 unspecified atom stereocenters. The highest BCUT2D eigenvalue weighted by Gasteiger charge is 2.14. The summed E-state index contributed by atoms with van der Waals surface area (Å²) in [5.41, 5.74) is 3.07. The van der Waals surface area contributed by atoms with E-state index in [4.69, 9.17) is 0 Å². The standard InChI is InChI=1S/C18H21N3O/c1-14(17(22)11-15-7-3-2-4-8-15)19-12-16-13-21-10-6-5-9-18(21)20-16/h2-10,13-14,17,19,22H,11-12H2,1H3. The fraction of sp³-hybridized carbons (Fsp3) is 0.278. The molecule has 2 atom stereocenters. The lowest BCUT2D eigenvalue weighted by molar-refractivity contribution is 0.134. The number of rotatable bonds is 6. The maximum atomic E-state index is 10.3. The smallest absolute Gasteiger partial charge is 0.137 e. The quantitative estimate of drug-likeness (QED) is 0.734. The van der Waals surface area contributed by atoms with Gasteiger partial charge in [-0.25, -0.2) is 4.98 Å². The van der Waals surface area contributed by atoms with Crippen molar-refractivity contribution in [1.82, 2.24) is 14.7 Å². The molecule has 0 fully saturated rings. The molecule has 22 heavy (non-hydrogen) atoms. The SMILES string of the molecule is CC(NCc1cn2ccccc2n1)C(O)Cc1ccccc1. The summed E-state index contributed by atoms with van der Waals surface area (Å²) >= 11 is 0. The van der Waals surface area contributed by atoms with Crippen LogP contribution in [0.2, 0.25) is 0 Å². The number of nitrogens with zero attached hydrogens (tertiary/aromatic N) is 2. The lowest BCUT2D eigenvalue weighted by Crippen LogP contribution is -2.38. The van der Waals surface area contributed by atoms with Gasteiger partial charge in [-0.2, -0.15) is 0 Å². The normalized spacial score (nSPS) is 14.1. The van der Waals surface area contributed by atoms with E-state index in [1.807, 2.05) is 72.2 Å². The Hall–Kier alpha value is -2.17. The first-order chi connectivity index (χ1) is 10.7. The summed E-state index contributed by atoms with van der Waals surface area (Å²) in [5.74, 6) is 0. The monoisotopic (exact) mass is 295 g/mol. The molecule has 4 heteroatoms. The maximum absolute atomic E-state index is 10.3. The Morgan fingerprint density at radius 1 is 1.14 bits per heavy atom. The van der Waals surface area contributed by atoms with Crippen LogP contribution in [-0.4, -0.2) is 26.6 Å². The number of pyridine rings is 1. The van der Waals surface area contributed by atoms with E-state index in [1.165, 1.54) is 0 Å². The van der Waals surface area contributed by atoms with Gasteiger partial charge < -0.3 is 14.8 Å². The van der Waals surface area contributed by atoms with Crippen molar-refractivity contribution in [1.29, 1.82) is 0 Å². The molecule has 114 valence electrons. The molecule has 4 nitrogen and oxygen atoms in total. The summed E-state index contributed by atoms with van der Waals surface area (Å²) in [6.07, 6.45) is 4.23. The Morgan fingerprint density at radius 2 is 1.91 bits per heavy atom. The van der Waals surface area contributed by atoms with Crippen LogP contribution in [0.4, 0.5) is 0 Å². The predicted molar refractivity (Wildman–Crippen MR) is 87.6 cm³/mol. The van der Waals surface area contributed by atoms with E-state index in [1.54, 1.807) is 0 Å². The first-order valence-corrected chi connectivity index (χ1v) is 7.60. The van der Waals surface area contributed by atoms with Crippen LogP contribution in [-0.2, 0) is 13.0 Å². The van der Waals surface area contributed by atoms with Gasteiger partial charge in [-0.1, -0.05) is 36.4 Å². The molecule has 1 aromatic carbocycles. The molecule has 0 aliphatic heterocycles. The minimum absolute atomic E-state index is 0.00465. The number of aliphatic hydroxyl groups is 1. The van der Waals surface area contributed by atoms with Crippen LogP contribution in [0.25, 0.3) is 5.65 Å². The number of imidazole rings is 1. The molecule has 0 saturated carbocycles. The molecule has 0 aliphatic rings. The van der Waals surface area contributed by atoms with Crippen molar-refractivity contribution >= 4 is 5.65 Å². The molecule has 3 aromatic rings. The molecular weight excluding hydrogens is 274 g/mol. The van der Waals surface area contributed by atoms with Gasteiger partial charge in [0.05, 0.1) is 11.8 Å². The largest absolute Gasteiger partial charge is 0.391 e. The number of benzene rings is 1. The summed E-state index contributed by atoms with van der Waals surface area (Å²) < 4.78 is 2.00. The van der Waals surface area contributed by atoms with E-state index in [9.17, 15) is 5.11 Å². The topological polar surface area (TPSA) is 49.6 Å². The van der Waals surface area contributed by atoms with Crippen LogP contribution in [0.5, 0.6) is 0 Å². The average Bonchev–Trinajstić information content (AvgIpc) is 2.96. The van der Waals surface area contributed by atoms with Gasteiger partial charge in [-0.3, -0.25) is 0 Å². The van der Waals surface area contributed by atoms with Gasteiger partial charge in [0.15, 0.2) is 0 Å². The molecule has 0 spiro atoms. The van der Waals surface area contributed by atoms with Gasteiger partial charge in [0, 0.05) is 25.0 Å². The van der Waals surface area contributed by atoms with Crippen LogP contribution in [0.15, 0.2) is 60.9 Å². The first kappa shape index (κ1) is 14.8. The van der Waals surface area contributed by atoms with Crippen molar-refractivity contribution in [3.63, 3.8) is 0 Å².